The maximum absolute atomic E-state index is 14.0. The Morgan fingerprint density at radius 3 is 1.86 bits per heavy atom. The van der Waals surface area contributed by atoms with E-state index in [9.17, 15) is 4.79 Å². The van der Waals surface area contributed by atoms with Crippen molar-refractivity contribution in [1.82, 2.24) is 5.32 Å². The molecule has 1 N–H and O–H groups in total. The van der Waals surface area contributed by atoms with Crippen molar-refractivity contribution in [2.45, 2.75) is 44.2 Å². The fraction of sp³-hybridized carbons (Fsp3) is 0.206. The van der Waals surface area contributed by atoms with Crippen molar-refractivity contribution < 1.29 is 4.79 Å². The minimum Gasteiger partial charge on any atom is -0.328 e. The molecule has 37 heavy (non-hydrogen) atoms. The molecular formula is C34H28N2O. The number of benzene rings is 4. The molecule has 3 nitrogen and oxygen atoms in total. The number of carbonyl (C=O) groups is 1. The normalized spacial score (nSPS) is 22.3. The Morgan fingerprint density at radius 1 is 0.676 bits per heavy atom. The van der Waals surface area contributed by atoms with Gasteiger partial charge in [-0.05, 0) is 50.9 Å². The molecule has 0 aromatic heterocycles. The van der Waals surface area contributed by atoms with Crippen molar-refractivity contribution in [3.8, 4) is 11.1 Å². The van der Waals surface area contributed by atoms with Crippen LogP contribution in [0.1, 0.15) is 72.2 Å². The highest BCUT2D eigenvalue weighted by molar-refractivity contribution is 6.03. The van der Waals surface area contributed by atoms with Gasteiger partial charge in [0.1, 0.15) is 6.17 Å². The molecule has 5 aliphatic rings. The summed E-state index contributed by atoms with van der Waals surface area (Å²) in [5.41, 5.74) is 13.4. The maximum Gasteiger partial charge on any atom is 0.251 e. The standard InChI is InChI=1S/C34H28N2O/c1-34(2,3)19-16-17-27-26(18-19)20-10-4-9-15-25(20)32-35-33(37)30-28-21-11-5-7-13-23(21)29(31(30)36(27)32)24-14-8-6-12-22(24)28/h4-18,28-29,32H,1-3H3,(H,35,37). The molecule has 0 spiro atoms. The minimum atomic E-state index is -0.228. The SMILES string of the molecule is CC(C)(C)c1ccc2c(c1)-c1ccccc1C1NC(=O)C3=C(C4c5ccccc5C3c3ccccc34)N21. The van der Waals surface area contributed by atoms with Crippen LogP contribution >= 0.6 is 0 Å². The molecule has 2 bridgehead atoms. The third-order valence-corrected chi connectivity index (χ3v) is 8.77. The first-order chi connectivity index (χ1) is 17.9. The second-order valence-electron chi connectivity index (χ2n) is 11.7. The van der Waals surface area contributed by atoms with Crippen molar-refractivity contribution in [3.63, 3.8) is 0 Å². The summed E-state index contributed by atoms with van der Waals surface area (Å²) in [7, 11) is 0. The van der Waals surface area contributed by atoms with Gasteiger partial charge >= 0.3 is 0 Å². The Labute approximate surface area is 217 Å². The minimum absolute atomic E-state index is 0.0290. The van der Waals surface area contributed by atoms with Gasteiger partial charge < -0.3 is 10.2 Å². The van der Waals surface area contributed by atoms with Crippen LogP contribution in [0.2, 0.25) is 0 Å². The lowest BCUT2D eigenvalue weighted by Crippen LogP contribution is -2.53. The number of allylic oxidation sites excluding steroid dienone is 1. The number of fused-ring (bicyclic) bond motifs is 6. The smallest absolute Gasteiger partial charge is 0.251 e. The predicted molar refractivity (Wildman–Crippen MR) is 148 cm³/mol. The third kappa shape index (κ3) is 2.64. The molecule has 0 radical (unpaired) electrons. The van der Waals surface area contributed by atoms with E-state index in [0.29, 0.717) is 0 Å². The molecule has 0 saturated carbocycles. The molecule has 3 aliphatic carbocycles. The Kier molecular flexibility index (Phi) is 3.98. The summed E-state index contributed by atoms with van der Waals surface area (Å²) < 4.78 is 0. The van der Waals surface area contributed by atoms with Crippen LogP contribution in [0.15, 0.2) is 102 Å². The number of nitrogens with zero attached hydrogens (tertiary/aromatic N) is 1. The van der Waals surface area contributed by atoms with Crippen molar-refractivity contribution in [2.24, 2.45) is 0 Å². The van der Waals surface area contributed by atoms with Crippen molar-refractivity contribution >= 4 is 11.6 Å². The number of carbonyl (C=O) groups excluding carboxylic acids is 1. The Balaban J connectivity index is 1.44. The van der Waals surface area contributed by atoms with Gasteiger partial charge in [-0.2, -0.15) is 0 Å². The van der Waals surface area contributed by atoms with Gasteiger partial charge in [0.05, 0.1) is 11.6 Å². The quantitative estimate of drug-likeness (QED) is 0.290. The highest BCUT2D eigenvalue weighted by atomic mass is 16.2. The summed E-state index contributed by atoms with van der Waals surface area (Å²) in [4.78, 5) is 16.5. The molecule has 2 heterocycles. The van der Waals surface area contributed by atoms with Crippen molar-refractivity contribution in [2.75, 3.05) is 4.90 Å². The molecule has 1 unspecified atom stereocenters. The number of hydrogen-bond donors (Lipinski definition) is 1. The summed E-state index contributed by atoms with van der Waals surface area (Å²) in [5.74, 6) is 0.0315. The number of nitrogens with one attached hydrogen (secondary N) is 1. The van der Waals surface area contributed by atoms with E-state index >= 15 is 0 Å². The molecule has 4 aromatic carbocycles. The molecule has 180 valence electrons. The first-order valence-corrected chi connectivity index (χ1v) is 13.2. The summed E-state index contributed by atoms with van der Waals surface area (Å²) >= 11 is 0. The molecule has 0 saturated heterocycles. The summed E-state index contributed by atoms with van der Waals surface area (Å²) in [5, 5.41) is 3.44. The van der Waals surface area contributed by atoms with Gasteiger partial charge in [-0.1, -0.05) is 99.6 Å². The number of rotatable bonds is 0. The zero-order valence-electron chi connectivity index (χ0n) is 21.2. The molecule has 4 aromatic rings. The maximum atomic E-state index is 14.0. The topological polar surface area (TPSA) is 32.3 Å². The second kappa shape index (κ2) is 7.01. The van der Waals surface area contributed by atoms with Gasteiger partial charge in [-0.3, -0.25) is 4.79 Å². The van der Waals surface area contributed by atoms with Crippen molar-refractivity contribution in [1.29, 1.82) is 0 Å². The first kappa shape index (κ1) is 21.0. The lowest BCUT2D eigenvalue weighted by molar-refractivity contribution is -0.119. The molecule has 3 heteroatoms. The van der Waals surface area contributed by atoms with Gasteiger partial charge in [0, 0.05) is 28.3 Å². The Hall–Kier alpha value is -4.11. The fourth-order valence-corrected chi connectivity index (χ4v) is 7.13. The average Bonchev–Trinajstić information content (AvgIpc) is 2.92. The molecule has 0 fully saturated rings. The van der Waals surface area contributed by atoms with E-state index in [2.05, 4.69) is 122 Å². The fourth-order valence-electron chi connectivity index (χ4n) is 7.13. The van der Waals surface area contributed by atoms with Crippen molar-refractivity contribution in [3.05, 3.63) is 136 Å². The van der Waals surface area contributed by atoms with E-state index in [1.54, 1.807) is 0 Å². The number of anilines is 1. The lowest BCUT2D eigenvalue weighted by Gasteiger charge is -2.53. The Morgan fingerprint density at radius 2 is 1.24 bits per heavy atom. The van der Waals surface area contributed by atoms with Gasteiger partial charge in [0.25, 0.3) is 5.91 Å². The van der Waals surface area contributed by atoms with Crippen LogP contribution in [-0.2, 0) is 10.2 Å². The molecular weight excluding hydrogens is 452 g/mol. The van der Waals surface area contributed by atoms with Gasteiger partial charge in [-0.25, -0.2) is 0 Å². The largest absolute Gasteiger partial charge is 0.328 e. The van der Waals surface area contributed by atoms with E-state index in [0.717, 1.165) is 16.8 Å². The highest BCUT2D eigenvalue weighted by Crippen LogP contribution is 2.60. The van der Waals surface area contributed by atoms with Gasteiger partial charge in [0.15, 0.2) is 0 Å². The highest BCUT2D eigenvalue weighted by Gasteiger charge is 2.52. The van der Waals surface area contributed by atoms with E-state index in [1.165, 1.54) is 44.6 Å². The van der Waals surface area contributed by atoms with Crippen LogP contribution in [0, 0.1) is 0 Å². The van der Waals surface area contributed by atoms with Gasteiger partial charge in [0.2, 0.25) is 0 Å². The summed E-state index contributed by atoms with van der Waals surface area (Å²) in [6, 6.07) is 32.9. The van der Waals surface area contributed by atoms with Crippen LogP contribution in [0.25, 0.3) is 11.1 Å². The monoisotopic (exact) mass is 480 g/mol. The Bertz CT molecular complexity index is 1640. The zero-order valence-corrected chi connectivity index (χ0v) is 21.2. The summed E-state index contributed by atoms with van der Waals surface area (Å²) in [6.45, 7) is 6.80. The predicted octanol–water partition coefficient (Wildman–Crippen LogP) is 7.14. The summed E-state index contributed by atoms with van der Waals surface area (Å²) in [6.07, 6.45) is -0.228. The van der Waals surface area contributed by atoms with Crippen LogP contribution < -0.4 is 10.2 Å². The van der Waals surface area contributed by atoms with Crippen LogP contribution in [0.3, 0.4) is 0 Å². The molecule has 1 amide bonds. The number of hydrogen-bond acceptors (Lipinski definition) is 2. The first-order valence-electron chi connectivity index (χ1n) is 13.2. The van der Waals surface area contributed by atoms with Gasteiger partial charge in [-0.15, -0.1) is 0 Å². The molecule has 1 atom stereocenters. The van der Waals surface area contributed by atoms with E-state index < -0.39 is 0 Å². The molecule has 2 aliphatic heterocycles. The van der Waals surface area contributed by atoms with E-state index in [-0.39, 0.29) is 29.3 Å². The van der Waals surface area contributed by atoms with Crippen LogP contribution in [0.4, 0.5) is 5.69 Å². The average molecular weight is 481 g/mol. The second-order valence-corrected chi connectivity index (χ2v) is 11.7. The zero-order chi connectivity index (χ0) is 25.1. The van der Waals surface area contributed by atoms with E-state index in [1.807, 2.05) is 0 Å². The number of amides is 1. The molecule has 9 rings (SSSR count). The van der Waals surface area contributed by atoms with Crippen LogP contribution in [0.5, 0.6) is 0 Å². The van der Waals surface area contributed by atoms with E-state index in [4.69, 9.17) is 0 Å². The van der Waals surface area contributed by atoms with Crippen LogP contribution in [-0.4, -0.2) is 5.91 Å². The third-order valence-electron chi connectivity index (χ3n) is 8.77. The lowest BCUT2D eigenvalue weighted by atomic mass is 9.61.